The molecule has 1 aliphatic carbocycles. The predicted octanol–water partition coefficient (Wildman–Crippen LogP) is 3.60. The van der Waals surface area contributed by atoms with Gasteiger partial charge in [0.15, 0.2) is 0 Å². The van der Waals surface area contributed by atoms with Gasteiger partial charge in [-0.15, -0.1) is 0 Å². The number of methoxy groups -OCH3 is 1. The smallest absolute Gasteiger partial charge is 0.391 e. The minimum atomic E-state index is -4.17. The Hall–Kier alpha value is -1.23. The van der Waals surface area contributed by atoms with Crippen molar-refractivity contribution in [3.05, 3.63) is 29.8 Å². The Morgan fingerprint density at radius 2 is 2.00 bits per heavy atom. The zero-order chi connectivity index (χ0) is 14.1. The highest BCUT2D eigenvalue weighted by atomic mass is 19.4. The van der Waals surface area contributed by atoms with Crippen LogP contribution in [-0.2, 0) is 5.54 Å². The SMILES string of the molecule is COc1ccccc1C1(N)CCCC(C(F)(F)F)C1. The topological polar surface area (TPSA) is 35.2 Å². The lowest BCUT2D eigenvalue weighted by atomic mass is 9.72. The molecule has 2 nitrogen and oxygen atoms in total. The summed E-state index contributed by atoms with van der Waals surface area (Å²) < 4.78 is 43.9. The monoisotopic (exact) mass is 273 g/mol. The third-order valence-electron chi connectivity index (χ3n) is 3.89. The first-order valence-electron chi connectivity index (χ1n) is 6.36. The Morgan fingerprint density at radius 1 is 1.32 bits per heavy atom. The number of hydrogen-bond donors (Lipinski definition) is 1. The Balaban J connectivity index is 2.31. The number of benzene rings is 1. The Labute approximate surface area is 110 Å². The van der Waals surface area contributed by atoms with Crippen molar-refractivity contribution in [2.24, 2.45) is 11.7 Å². The fourth-order valence-electron chi connectivity index (χ4n) is 2.89. The Kier molecular flexibility index (Phi) is 3.76. The largest absolute Gasteiger partial charge is 0.496 e. The van der Waals surface area contributed by atoms with Gasteiger partial charge in [0.05, 0.1) is 13.0 Å². The van der Waals surface area contributed by atoms with Gasteiger partial charge in [0.1, 0.15) is 5.75 Å². The van der Waals surface area contributed by atoms with Crippen LogP contribution < -0.4 is 10.5 Å². The standard InChI is InChI=1S/C14H18F3NO/c1-19-12-7-3-2-6-11(12)13(18)8-4-5-10(9-13)14(15,16)17/h2-3,6-7,10H,4-5,8-9,18H2,1H3. The molecule has 0 amide bonds. The van der Waals surface area contributed by atoms with Crippen molar-refractivity contribution in [3.63, 3.8) is 0 Å². The van der Waals surface area contributed by atoms with E-state index in [1.807, 2.05) is 0 Å². The molecule has 1 aliphatic rings. The van der Waals surface area contributed by atoms with E-state index in [1.54, 1.807) is 24.3 Å². The van der Waals surface area contributed by atoms with E-state index in [0.29, 0.717) is 24.2 Å². The van der Waals surface area contributed by atoms with Crippen LogP contribution in [0.25, 0.3) is 0 Å². The summed E-state index contributed by atoms with van der Waals surface area (Å²) >= 11 is 0. The normalized spacial score (nSPS) is 28.2. The number of rotatable bonds is 2. The molecule has 0 radical (unpaired) electrons. The van der Waals surface area contributed by atoms with E-state index < -0.39 is 17.6 Å². The van der Waals surface area contributed by atoms with Crippen molar-refractivity contribution >= 4 is 0 Å². The summed E-state index contributed by atoms with van der Waals surface area (Å²) in [6.45, 7) is 0. The Morgan fingerprint density at radius 3 is 2.63 bits per heavy atom. The van der Waals surface area contributed by atoms with Crippen LogP contribution in [0.1, 0.15) is 31.2 Å². The molecule has 0 spiro atoms. The second-order valence-electron chi connectivity index (χ2n) is 5.19. The molecule has 0 aliphatic heterocycles. The zero-order valence-corrected chi connectivity index (χ0v) is 10.8. The summed E-state index contributed by atoms with van der Waals surface area (Å²) in [6, 6.07) is 7.07. The lowest BCUT2D eigenvalue weighted by molar-refractivity contribution is -0.187. The van der Waals surface area contributed by atoms with E-state index in [2.05, 4.69) is 0 Å². The first-order valence-corrected chi connectivity index (χ1v) is 6.36. The number of nitrogens with two attached hydrogens (primary N) is 1. The molecule has 2 unspecified atom stereocenters. The van der Waals surface area contributed by atoms with E-state index in [4.69, 9.17) is 10.5 Å². The molecule has 2 atom stereocenters. The van der Waals surface area contributed by atoms with Crippen molar-refractivity contribution in [1.29, 1.82) is 0 Å². The molecular weight excluding hydrogens is 255 g/mol. The van der Waals surface area contributed by atoms with Gasteiger partial charge in [-0.25, -0.2) is 0 Å². The van der Waals surface area contributed by atoms with Crippen LogP contribution in [0.15, 0.2) is 24.3 Å². The fraction of sp³-hybridized carbons (Fsp3) is 0.571. The van der Waals surface area contributed by atoms with Crippen LogP contribution >= 0.6 is 0 Å². The lowest BCUT2D eigenvalue weighted by Crippen LogP contribution is -2.45. The molecular formula is C14H18F3NO. The summed E-state index contributed by atoms with van der Waals surface area (Å²) in [5.41, 5.74) is 5.98. The number of ether oxygens (including phenoxy) is 1. The molecule has 2 rings (SSSR count). The average Bonchev–Trinajstić information content (AvgIpc) is 2.38. The van der Waals surface area contributed by atoms with Crippen LogP contribution in [-0.4, -0.2) is 13.3 Å². The third kappa shape index (κ3) is 2.86. The van der Waals surface area contributed by atoms with Gasteiger partial charge < -0.3 is 10.5 Å². The van der Waals surface area contributed by atoms with Crippen molar-refractivity contribution in [2.45, 2.75) is 37.4 Å². The maximum Gasteiger partial charge on any atom is 0.391 e. The van der Waals surface area contributed by atoms with Crippen molar-refractivity contribution < 1.29 is 17.9 Å². The summed E-state index contributed by atoms with van der Waals surface area (Å²) in [5.74, 6) is -0.760. The van der Waals surface area contributed by atoms with Crippen LogP contribution in [0.2, 0.25) is 0 Å². The maximum absolute atomic E-state index is 12.9. The highest BCUT2D eigenvalue weighted by molar-refractivity contribution is 5.39. The van der Waals surface area contributed by atoms with Gasteiger partial charge in [-0.1, -0.05) is 24.6 Å². The summed E-state index contributed by atoms with van der Waals surface area (Å²) in [7, 11) is 1.51. The highest BCUT2D eigenvalue weighted by Gasteiger charge is 2.47. The van der Waals surface area contributed by atoms with Crippen molar-refractivity contribution in [3.8, 4) is 5.75 Å². The molecule has 0 heterocycles. The number of alkyl halides is 3. The van der Waals surface area contributed by atoms with Gasteiger partial charge in [-0.2, -0.15) is 13.2 Å². The minimum absolute atomic E-state index is 0.0725. The highest BCUT2D eigenvalue weighted by Crippen LogP contribution is 2.46. The maximum atomic E-state index is 12.9. The van der Waals surface area contributed by atoms with E-state index in [9.17, 15) is 13.2 Å². The van der Waals surface area contributed by atoms with Gasteiger partial charge in [-0.05, 0) is 25.3 Å². The fourth-order valence-corrected chi connectivity index (χ4v) is 2.89. The van der Waals surface area contributed by atoms with Gasteiger partial charge in [0, 0.05) is 11.1 Å². The molecule has 1 aromatic carbocycles. The van der Waals surface area contributed by atoms with Gasteiger partial charge >= 0.3 is 6.18 Å². The first kappa shape index (κ1) is 14.2. The quantitative estimate of drug-likeness (QED) is 0.893. The zero-order valence-electron chi connectivity index (χ0n) is 10.8. The second-order valence-corrected chi connectivity index (χ2v) is 5.19. The Bertz CT molecular complexity index is 447. The number of para-hydroxylation sites is 1. The summed E-state index contributed by atoms with van der Waals surface area (Å²) in [4.78, 5) is 0. The third-order valence-corrected chi connectivity index (χ3v) is 3.89. The van der Waals surface area contributed by atoms with E-state index in [-0.39, 0.29) is 12.8 Å². The molecule has 1 saturated carbocycles. The molecule has 106 valence electrons. The molecule has 5 heteroatoms. The van der Waals surface area contributed by atoms with Crippen LogP contribution in [0.5, 0.6) is 5.75 Å². The van der Waals surface area contributed by atoms with Crippen molar-refractivity contribution in [1.82, 2.24) is 0 Å². The minimum Gasteiger partial charge on any atom is -0.496 e. The molecule has 1 aromatic rings. The molecule has 0 aromatic heterocycles. The molecule has 1 fully saturated rings. The average molecular weight is 273 g/mol. The van der Waals surface area contributed by atoms with Gasteiger partial charge in [0.25, 0.3) is 0 Å². The van der Waals surface area contributed by atoms with Gasteiger partial charge in [0.2, 0.25) is 0 Å². The number of hydrogen-bond acceptors (Lipinski definition) is 2. The van der Waals surface area contributed by atoms with Crippen LogP contribution in [0, 0.1) is 5.92 Å². The second kappa shape index (κ2) is 5.04. The molecule has 19 heavy (non-hydrogen) atoms. The van der Waals surface area contributed by atoms with E-state index >= 15 is 0 Å². The van der Waals surface area contributed by atoms with E-state index in [1.165, 1.54) is 7.11 Å². The number of halogens is 3. The van der Waals surface area contributed by atoms with Crippen LogP contribution in [0.3, 0.4) is 0 Å². The van der Waals surface area contributed by atoms with Gasteiger partial charge in [-0.3, -0.25) is 0 Å². The van der Waals surface area contributed by atoms with Crippen molar-refractivity contribution in [2.75, 3.05) is 7.11 Å². The summed E-state index contributed by atoms with van der Waals surface area (Å²) in [6.07, 6.45) is -3.04. The lowest BCUT2D eigenvalue weighted by Gasteiger charge is -2.39. The van der Waals surface area contributed by atoms with Crippen LogP contribution in [0.4, 0.5) is 13.2 Å². The van der Waals surface area contributed by atoms with E-state index in [0.717, 1.165) is 0 Å². The molecule has 2 N–H and O–H groups in total. The molecule has 0 saturated heterocycles. The first-order chi connectivity index (χ1) is 8.87. The molecule has 0 bridgehead atoms. The predicted molar refractivity (Wildman–Crippen MR) is 66.9 cm³/mol. The summed E-state index contributed by atoms with van der Waals surface area (Å²) in [5, 5.41) is 0.